The van der Waals surface area contributed by atoms with Gasteiger partial charge in [0.25, 0.3) is 0 Å². The van der Waals surface area contributed by atoms with Crippen LogP contribution in [0.2, 0.25) is 0 Å². The van der Waals surface area contributed by atoms with Crippen LogP contribution < -0.4 is 9.64 Å². The summed E-state index contributed by atoms with van der Waals surface area (Å²) in [6, 6.07) is 11.2. The number of anilines is 1. The minimum Gasteiger partial charge on any atom is -0.496 e. The lowest BCUT2D eigenvalue weighted by molar-refractivity contribution is 0.416. The summed E-state index contributed by atoms with van der Waals surface area (Å²) in [5.41, 5.74) is 1.58. The summed E-state index contributed by atoms with van der Waals surface area (Å²) in [5.74, 6) is 1.25. The molecule has 0 fully saturated rings. The number of aromatic nitrogens is 2. The highest BCUT2D eigenvalue weighted by molar-refractivity contribution is 5.67. The van der Waals surface area contributed by atoms with E-state index in [1.54, 1.807) is 20.2 Å². The van der Waals surface area contributed by atoms with E-state index in [-0.39, 0.29) is 0 Å². The van der Waals surface area contributed by atoms with E-state index in [1.807, 2.05) is 36.5 Å². The van der Waals surface area contributed by atoms with Crippen LogP contribution in [0.1, 0.15) is 0 Å². The maximum absolute atomic E-state index is 8.74. The van der Waals surface area contributed by atoms with Gasteiger partial charge in [-0.1, -0.05) is 12.1 Å². The van der Waals surface area contributed by atoms with Gasteiger partial charge >= 0.3 is 0 Å². The molecular weight excluding hydrogens is 228 g/mol. The van der Waals surface area contributed by atoms with Crippen LogP contribution >= 0.6 is 0 Å². The third-order valence-corrected chi connectivity index (χ3v) is 2.53. The molecule has 90 valence electrons. The van der Waals surface area contributed by atoms with Crippen LogP contribution in [-0.4, -0.2) is 24.4 Å². The largest absolute Gasteiger partial charge is 0.496 e. The highest BCUT2D eigenvalue weighted by Crippen LogP contribution is 2.27. The van der Waals surface area contributed by atoms with Gasteiger partial charge in [-0.15, -0.1) is 10.2 Å². The number of benzene rings is 1. The molecule has 0 spiro atoms. The first-order valence-corrected chi connectivity index (χ1v) is 5.37. The van der Waals surface area contributed by atoms with Crippen molar-refractivity contribution in [1.82, 2.24) is 10.2 Å². The zero-order chi connectivity index (χ0) is 13.0. The SMILES string of the molecule is COc1ccccc1-c1ccc(N(C)C#N)nn1. The molecule has 0 unspecified atom stereocenters. The summed E-state index contributed by atoms with van der Waals surface area (Å²) in [5, 5.41) is 16.8. The van der Waals surface area contributed by atoms with E-state index in [4.69, 9.17) is 10.00 Å². The Balaban J connectivity index is 2.38. The van der Waals surface area contributed by atoms with Gasteiger partial charge in [-0.2, -0.15) is 5.26 Å². The Morgan fingerprint density at radius 2 is 1.94 bits per heavy atom. The van der Waals surface area contributed by atoms with Crippen molar-refractivity contribution in [2.24, 2.45) is 0 Å². The Kier molecular flexibility index (Phi) is 3.39. The Labute approximate surface area is 105 Å². The number of nitrogens with zero attached hydrogens (tertiary/aromatic N) is 4. The van der Waals surface area contributed by atoms with E-state index < -0.39 is 0 Å². The first-order valence-electron chi connectivity index (χ1n) is 5.37. The van der Waals surface area contributed by atoms with E-state index in [2.05, 4.69) is 10.2 Å². The number of hydrogen-bond donors (Lipinski definition) is 0. The smallest absolute Gasteiger partial charge is 0.185 e. The van der Waals surface area contributed by atoms with Crippen molar-refractivity contribution in [3.05, 3.63) is 36.4 Å². The van der Waals surface area contributed by atoms with E-state index in [9.17, 15) is 0 Å². The fourth-order valence-corrected chi connectivity index (χ4v) is 1.56. The Morgan fingerprint density at radius 3 is 2.56 bits per heavy atom. The highest BCUT2D eigenvalue weighted by atomic mass is 16.5. The molecule has 1 aromatic carbocycles. The molecule has 1 aromatic heterocycles. The molecular formula is C13H12N4O. The molecule has 0 saturated carbocycles. The Hall–Kier alpha value is -2.61. The third-order valence-electron chi connectivity index (χ3n) is 2.53. The maximum Gasteiger partial charge on any atom is 0.185 e. The molecule has 0 aliphatic rings. The summed E-state index contributed by atoms with van der Waals surface area (Å²) in [4.78, 5) is 1.35. The van der Waals surface area contributed by atoms with Gasteiger partial charge in [0.15, 0.2) is 12.0 Å². The van der Waals surface area contributed by atoms with E-state index in [1.165, 1.54) is 4.90 Å². The van der Waals surface area contributed by atoms with Gasteiger partial charge in [0.1, 0.15) is 5.75 Å². The fourth-order valence-electron chi connectivity index (χ4n) is 1.56. The van der Waals surface area contributed by atoms with Gasteiger partial charge in [0.05, 0.1) is 12.8 Å². The number of methoxy groups -OCH3 is 1. The average Bonchev–Trinajstić information content (AvgIpc) is 2.46. The van der Waals surface area contributed by atoms with E-state index >= 15 is 0 Å². The summed E-state index contributed by atoms with van der Waals surface area (Å²) >= 11 is 0. The third kappa shape index (κ3) is 2.23. The molecule has 18 heavy (non-hydrogen) atoms. The second-order valence-corrected chi connectivity index (χ2v) is 3.64. The minimum absolute atomic E-state index is 0.510. The number of hydrogen-bond acceptors (Lipinski definition) is 5. The van der Waals surface area contributed by atoms with Gasteiger partial charge in [-0.3, -0.25) is 4.90 Å². The van der Waals surface area contributed by atoms with E-state index in [0.717, 1.165) is 11.3 Å². The molecule has 0 atom stereocenters. The first kappa shape index (κ1) is 11.9. The van der Waals surface area contributed by atoms with Crippen LogP contribution in [0.15, 0.2) is 36.4 Å². The van der Waals surface area contributed by atoms with Gasteiger partial charge in [-0.05, 0) is 24.3 Å². The molecule has 0 amide bonds. The highest BCUT2D eigenvalue weighted by Gasteiger charge is 2.08. The molecule has 0 N–H and O–H groups in total. The van der Waals surface area contributed by atoms with E-state index in [0.29, 0.717) is 11.5 Å². The number of ether oxygens (including phenoxy) is 1. The molecule has 0 radical (unpaired) electrons. The summed E-state index contributed by atoms with van der Waals surface area (Å²) in [6.45, 7) is 0. The first-order chi connectivity index (χ1) is 8.76. The second-order valence-electron chi connectivity index (χ2n) is 3.64. The molecule has 2 rings (SSSR count). The lowest BCUT2D eigenvalue weighted by atomic mass is 10.1. The van der Waals surface area contributed by atoms with Gasteiger partial charge in [0.2, 0.25) is 0 Å². The van der Waals surface area contributed by atoms with Crippen molar-refractivity contribution < 1.29 is 4.74 Å². The Bertz CT molecular complexity index is 574. The van der Waals surface area contributed by atoms with Crippen molar-refractivity contribution in [3.63, 3.8) is 0 Å². The van der Waals surface area contributed by atoms with Crippen LogP contribution in [0.5, 0.6) is 5.75 Å². The lowest BCUT2D eigenvalue weighted by Crippen LogP contribution is -2.10. The summed E-state index contributed by atoms with van der Waals surface area (Å²) in [6.07, 6.45) is 1.97. The van der Waals surface area contributed by atoms with Crippen LogP contribution in [0.25, 0.3) is 11.3 Å². The second kappa shape index (κ2) is 5.15. The molecule has 1 heterocycles. The van der Waals surface area contributed by atoms with Crippen molar-refractivity contribution in [2.45, 2.75) is 0 Å². The molecule has 0 aliphatic heterocycles. The number of para-hydroxylation sites is 1. The van der Waals surface area contributed by atoms with Crippen molar-refractivity contribution in [3.8, 4) is 23.2 Å². The normalized spacial score (nSPS) is 9.61. The van der Waals surface area contributed by atoms with Crippen molar-refractivity contribution in [2.75, 3.05) is 19.1 Å². The number of nitriles is 1. The number of rotatable bonds is 3. The molecule has 0 saturated heterocycles. The molecule has 0 aliphatic carbocycles. The van der Waals surface area contributed by atoms with Gasteiger partial charge < -0.3 is 4.74 Å². The van der Waals surface area contributed by atoms with Crippen molar-refractivity contribution in [1.29, 1.82) is 5.26 Å². The van der Waals surface area contributed by atoms with Crippen LogP contribution in [0.3, 0.4) is 0 Å². The van der Waals surface area contributed by atoms with Gasteiger partial charge in [-0.25, -0.2) is 0 Å². The van der Waals surface area contributed by atoms with Crippen LogP contribution in [-0.2, 0) is 0 Å². The predicted molar refractivity (Wildman–Crippen MR) is 68.0 cm³/mol. The lowest BCUT2D eigenvalue weighted by Gasteiger charge is -2.09. The summed E-state index contributed by atoms with van der Waals surface area (Å²) < 4.78 is 5.27. The monoisotopic (exact) mass is 240 g/mol. The zero-order valence-electron chi connectivity index (χ0n) is 10.2. The topological polar surface area (TPSA) is 62.0 Å². The minimum atomic E-state index is 0.510. The quantitative estimate of drug-likeness (QED) is 0.607. The summed E-state index contributed by atoms with van der Waals surface area (Å²) in [7, 11) is 3.25. The Morgan fingerprint density at radius 1 is 1.17 bits per heavy atom. The zero-order valence-corrected chi connectivity index (χ0v) is 10.2. The van der Waals surface area contributed by atoms with Crippen LogP contribution in [0, 0.1) is 11.5 Å². The van der Waals surface area contributed by atoms with Crippen molar-refractivity contribution >= 4 is 5.82 Å². The standard InChI is InChI=1S/C13H12N4O/c1-17(9-14)13-8-7-11(15-16-13)10-5-3-4-6-12(10)18-2/h3-8H,1-2H3. The molecule has 5 nitrogen and oxygen atoms in total. The predicted octanol–water partition coefficient (Wildman–Crippen LogP) is 2.07. The van der Waals surface area contributed by atoms with Crippen LogP contribution in [0.4, 0.5) is 5.82 Å². The molecule has 5 heteroatoms. The maximum atomic E-state index is 8.74. The fraction of sp³-hybridized carbons (Fsp3) is 0.154. The molecule has 0 bridgehead atoms. The molecule has 2 aromatic rings. The average molecular weight is 240 g/mol. The van der Waals surface area contributed by atoms with Gasteiger partial charge in [0, 0.05) is 12.6 Å².